The molecular formula is C20H21NO3S. The third-order valence-electron chi connectivity index (χ3n) is 4.57. The number of thioether (sulfide) groups is 1. The number of hydrogen-bond donors (Lipinski definition) is 0. The molecule has 1 amide bonds. The average molecular weight is 355 g/mol. The molecule has 0 aromatic heterocycles. The van der Waals surface area contributed by atoms with E-state index in [0.29, 0.717) is 18.4 Å². The fourth-order valence-electron chi connectivity index (χ4n) is 3.22. The van der Waals surface area contributed by atoms with E-state index in [0.717, 1.165) is 30.2 Å². The van der Waals surface area contributed by atoms with Gasteiger partial charge in [0.25, 0.3) is 0 Å². The molecule has 1 aliphatic heterocycles. The minimum atomic E-state index is -0.231. The third-order valence-corrected chi connectivity index (χ3v) is 5.51. The smallest absolute Gasteiger partial charge is 0.222 e. The highest BCUT2D eigenvalue weighted by Gasteiger charge is 2.26. The minimum absolute atomic E-state index is 0.131. The molecule has 2 aliphatic rings. The molecule has 0 spiro atoms. The Morgan fingerprint density at radius 1 is 1.08 bits per heavy atom. The van der Waals surface area contributed by atoms with Crippen molar-refractivity contribution in [2.45, 2.75) is 18.8 Å². The van der Waals surface area contributed by atoms with Gasteiger partial charge in [0, 0.05) is 42.5 Å². The number of rotatable bonds is 5. The predicted octanol–water partition coefficient (Wildman–Crippen LogP) is 2.76. The van der Waals surface area contributed by atoms with Gasteiger partial charge in [-0.05, 0) is 30.2 Å². The predicted molar refractivity (Wildman–Crippen MR) is 99.6 cm³/mol. The fraction of sp³-hybridized carbons (Fsp3) is 0.350. The van der Waals surface area contributed by atoms with E-state index in [1.807, 2.05) is 47.0 Å². The van der Waals surface area contributed by atoms with Gasteiger partial charge in [0.15, 0.2) is 11.6 Å². The molecule has 1 atom stereocenters. The first-order valence-electron chi connectivity index (χ1n) is 8.53. The molecule has 0 N–H and O–H groups in total. The van der Waals surface area contributed by atoms with E-state index in [1.165, 1.54) is 18.2 Å². The topological polar surface area (TPSA) is 54.5 Å². The summed E-state index contributed by atoms with van der Waals surface area (Å²) in [6.07, 6.45) is 4.96. The van der Waals surface area contributed by atoms with Crippen LogP contribution in [0, 0.1) is 0 Å². The molecule has 1 heterocycles. The lowest BCUT2D eigenvalue weighted by molar-refractivity contribution is -0.131. The summed E-state index contributed by atoms with van der Waals surface area (Å²) >= 11 is 1.87. The zero-order chi connectivity index (χ0) is 17.6. The number of carbonyl (C=O) groups is 3. The van der Waals surface area contributed by atoms with Crippen LogP contribution in [-0.2, 0) is 14.4 Å². The number of hydrogen-bond acceptors (Lipinski definition) is 4. The van der Waals surface area contributed by atoms with Crippen LogP contribution in [0.5, 0.6) is 0 Å². The van der Waals surface area contributed by atoms with E-state index in [1.54, 1.807) is 0 Å². The Bertz CT molecular complexity index is 718. The summed E-state index contributed by atoms with van der Waals surface area (Å²) in [6.45, 7) is 1.59. The molecule has 1 unspecified atom stereocenters. The van der Waals surface area contributed by atoms with E-state index in [-0.39, 0.29) is 23.4 Å². The largest absolute Gasteiger partial charge is 0.341 e. The molecule has 1 aromatic rings. The first-order chi connectivity index (χ1) is 12.1. The van der Waals surface area contributed by atoms with Crippen LogP contribution in [-0.4, -0.2) is 47.0 Å². The zero-order valence-corrected chi connectivity index (χ0v) is 14.8. The highest BCUT2D eigenvalue weighted by molar-refractivity contribution is 7.99. The molecule has 5 heteroatoms. The van der Waals surface area contributed by atoms with Crippen molar-refractivity contribution in [3.8, 4) is 0 Å². The van der Waals surface area contributed by atoms with Gasteiger partial charge < -0.3 is 4.90 Å². The summed E-state index contributed by atoms with van der Waals surface area (Å²) in [5.74, 6) is 1.55. The maximum atomic E-state index is 12.5. The van der Waals surface area contributed by atoms with Crippen LogP contribution in [0.15, 0.2) is 54.1 Å². The second-order valence-electron chi connectivity index (χ2n) is 6.19. The lowest BCUT2D eigenvalue weighted by Crippen LogP contribution is -2.38. The standard InChI is InChI=1S/C20H21NO3S/c22-16-6-8-19(23)18(14-16)17(15-4-2-1-3-5-15)7-9-20(24)21-10-12-25-13-11-21/h1-6,8,14,17H,7,9-13H2. The van der Waals surface area contributed by atoms with Gasteiger partial charge in [-0.25, -0.2) is 0 Å². The molecule has 0 saturated carbocycles. The van der Waals surface area contributed by atoms with Gasteiger partial charge in [-0.1, -0.05) is 30.3 Å². The van der Waals surface area contributed by atoms with Crippen LogP contribution in [0.2, 0.25) is 0 Å². The first-order valence-corrected chi connectivity index (χ1v) is 9.69. The van der Waals surface area contributed by atoms with Crippen LogP contribution in [0.1, 0.15) is 24.3 Å². The molecule has 25 heavy (non-hydrogen) atoms. The molecule has 0 radical (unpaired) electrons. The van der Waals surface area contributed by atoms with Gasteiger partial charge in [0.2, 0.25) is 5.91 Å². The maximum absolute atomic E-state index is 12.5. The quantitative estimate of drug-likeness (QED) is 0.762. The SMILES string of the molecule is O=C1C=CC(=O)C(C(CCC(=O)N2CCSCC2)c2ccccc2)=C1. The van der Waals surface area contributed by atoms with Crippen LogP contribution in [0.3, 0.4) is 0 Å². The fourth-order valence-corrected chi connectivity index (χ4v) is 4.13. The molecule has 1 fully saturated rings. The Kier molecular flexibility index (Phi) is 5.87. The molecule has 130 valence electrons. The highest BCUT2D eigenvalue weighted by Crippen LogP contribution is 2.31. The van der Waals surface area contributed by atoms with Crippen molar-refractivity contribution < 1.29 is 14.4 Å². The monoisotopic (exact) mass is 355 g/mol. The number of benzene rings is 1. The van der Waals surface area contributed by atoms with E-state index >= 15 is 0 Å². The Labute approximate surface area is 152 Å². The van der Waals surface area contributed by atoms with E-state index in [9.17, 15) is 14.4 Å². The molecular weight excluding hydrogens is 334 g/mol. The Morgan fingerprint density at radius 3 is 2.52 bits per heavy atom. The van der Waals surface area contributed by atoms with Gasteiger partial charge in [0.05, 0.1) is 0 Å². The average Bonchev–Trinajstić information content (AvgIpc) is 2.66. The number of allylic oxidation sites excluding steroid dienone is 4. The Morgan fingerprint density at radius 2 is 1.80 bits per heavy atom. The van der Waals surface area contributed by atoms with Crippen molar-refractivity contribution in [3.05, 3.63) is 59.7 Å². The summed E-state index contributed by atoms with van der Waals surface area (Å²) in [4.78, 5) is 38.4. The molecule has 0 bridgehead atoms. The minimum Gasteiger partial charge on any atom is -0.341 e. The molecule has 4 nitrogen and oxygen atoms in total. The molecule has 1 aliphatic carbocycles. The van der Waals surface area contributed by atoms with Gasteiger partial charge in [-0.15, -0.1) is 0 Å². The van der Waals surface area contributed by atoms with Crippen LogP contribution in [0.4, 0.5) is 0 Å². The zero-order valence-electron chi connectivity index (χ0n) is 14.0. The lowest BCUT2D eigenvalue weighted by atomic mass is 9.82. The molecule has 1 saturated heterocycles. The van der Waals surface area contributed by atoms with Gasteiger partial charge in [-0.2, -0.15) is 11.8 Å². The number of ketones is 2. The van der Waals surface area contributed by atoms with Gasteiger partial charge in [0.1, 0.15) is 0 Å². The van der Waals surface area contributed by atoms with Gasteiger partial charge in [-0.3, -0.25) is 14.4 Å². The number of amides is 1. The number of carbonyl (C=O) groups excluding carboxylic acids is 3. The van der Waals surface area contributed by atoms with Crippen molar-refractivity contribution in [2.75, 3.05) is 24.6 Å². The molecule has 1 aromatic carbocycles. The van der Waals surface area contributed by atoms with Crippen LogP contribution < -0.4 is 0 Å². The van der Waals surface area contributed by atoms with Gasteiger partial charge >= 0.3 is 0 Å². The molecule has 3 rings (SSSR count). The Balaban J connectivity index is 1.76. The second kappa shape index (κ2) is 8.30. The summed E-state index contributed by atoms with van der Waals surface area (Å²) in [6, 6.07) is 9.64. The van der Waals surface area contributed by atoms with E-state index in [4.69, 9.17) is 0 Å². The lowest BCUT2D eigenvalue weighted by Gasteiger charge is -2.27. The normalized spacial score (nSPS) is 18.9. The number of nitrogens with zero attached hydrogens (tertiary/aromatic N) is 1. The third kappa shape index (κ3) is 4.48. The van der Waals surface area contributed by atoms with Crippen molar-refractivity contribution in [1.29, 1.82) is 0 Å². The van der Waals surface area contributed by atoms with Crippen LogP contribution >= 0.6 is 11.8 Å². The van der Waals surface area contributed by atoms with Crippen molar-refractivity contribution >= 4 is 29.2 Å². The van der Waals surface area contributed by atoms with Crippen molar-refractivity contribution in [1.82, 2.24) is 4.90 Å². The van der Waals surface area contributed by atoms with Crippen molar-refractivity contribution in [2.24, 2.45) is 0 Å². The van der Waals surface area contributed by atoms with E-state index in [2.05, 4.69) is 0 Å². The highest BCUT2D eigenvalue weighted by atomic mass is 32.2. The summed E-state index contributed by atoms with van der Waals surface area (Å²) in [5.41, 5.74) is 1.45. The van der Waals surface area contributed by atoms with E-state index < -0.39 is 0 Å². The van der Waals surface area contributed by atoms with Crippen LogP contribution in [0.25, 0.3) is 0 Å². The first kappa shape index (κ1) is 17.7. The second-order valence-corrected chi connectivity index (χ2v) is 7.42. The summed E-state index contributed by atoms with van der Waals surface area (Å²) in [7, 11) is 0. The van der Waals surface area contributed by atoms with Crippen molar-refractivity contribution in [3.63, 3.8) is 0 Å². The summed E-state index contributed by atoms with van der Waals surface area (Å²) < 4.78 is 0. The summed E-state index contributed by atoms with van der Waals surface area (Å²) in [5, 5.41) is 0. The maximum Gasteiger partial charge on any atom is 0.222 e. The Hall–Kier alpha value is -2.14.